The quantitative estimate of drug-likeness (QED) is 0.814. The van der Waals surface area contributed by atoms with Gasteiger partial charge in [-0.25, -0.2) is 0 Å². The lowest BCUT2D eigenvalue weighted by Crippen LogP contribution is -2.36. The van der Waals surface area contributed by atoms with E-state index in [1.165, 1.54) is 12.8 Å². The van der Waals surface area contributed by atoms with Crippen LogP contribution in [0.25, 0.3) is 0 Å². The Morgan fingerprint density at radius 3 is 2.95 bits per heavy atom. The molecule has 0 amide bonds. The highest BCUT2D eigenvalue weighted by Gasteiger charge is 2.19. The fourth-order valence-electron chi connectivity index (χ4n) is 2.57. The maximum absolute atomic E-state index is 5.21. The Morgan fingerprint density at radius 2 is 2.26 bits per heavy atom. The predicted octanol–water partition coefficient (Wildman–Crippen LogP) is 1.64. The van der Waals surface area contributed by atoms with E-state index in [-0.39, 0.29) is 0 Å². The first-order valence-electron chi connectivity index (χ1n) is 7.18. The molecule has 108 valence electrons. The number of likely N-dealkylation sites (tertiary alicyclic amines) is 1. The van der Waals surface area contributed by atoms with Gasteiger partial charge >= 0.3 is 0 Å². The Labute approximate surface area is 115 Å². The van der Waals surface area contributed by atoms with Gasteiger partial charge in [0.15, 0.2) is 5.76 Å². The van der Waals surface area contributed by atoms with E-state index in [4.69, 9.17) is 9.26 Å². The van der Waals surface area contributed by atoms with Gasteiger partial charge in [-0.1, -0.05) is 12.1 Å². The van der Waals surface area contributed by atoms with Gasteiger partial charge in [0.1, 0.15) is 6.61 Å². The van der Waals surface area contributed by atoms with E-state index < -0.39 is 0 Å². The second kappa shape index (κ2) is 7.62. The highest BCUT2D eigenvalue weighted by atomic mass is 16.5. The summed E-state index contributed by atoms with van der Waals surface area (Å²) in [4.78, 5) is 2.46. The summed E-state index contributed by atoms with van der Waals surface area (Å²) in [6, 6.07) is 1.99. The third-order valence-corrected chi connectivity index (χ3v) is 3.67. The molecule has 1 N–H and O–H groups in total. The van der Waals surface area contributed by atoms with Crippen LogP contribution in [-0.2, 0) is 17.9 Å². The maximum atomic E-state index is 5.21. The smallest absolute Gasteiger partial charge is 0.162 e. The third kappa shape index (κ3) is 4.60. The van der Waals surface area contributed by atoms with Gasteiger partial charge in [0.25, 0.3) is 0 Å². The van der Waals surface area contributed by atoms with E-state index in [1.807, 2.05) is 6.07 Å². The molecule has 1 aliphatic rings. The summed E-state index contributed by atoms with van der Waals surface area (Å²) in [6.07, 6.45) is 2.55. The van der Waals surface area contributed by atoms with Crippen molar-refractivity contribution < 1.29 is 9.26 Å². The van der Waals surface area contributed by atoms with Gasteiger partial charge in [-0.15, -0.1) is 0 Å². The number of nitrogens with zero attached hydrogens (tertiary/aromatic N) is 2. The fraction of sp³-hybridized carbons (Fsp3) is 0.786. The van der Waals surface area contributed by atoms with Crippen LogP contribution in [0.3, 0.4) is 0 Å². The second-order valence-corrected chi connectivity index (χ2v) is 5.24. The number of methoxy groups -OCH3 is 1. The first-order valence-corrected chi connectivity index (χ1v) is 7.18. The zero-order chi connectivity index (χ0) is 13.5. The van der Waals surface area contributed by atoms with Crippen LogP contribution >= 0.6 is 0 Å². The van der Waals surface area contributed by atoms with Crippen molar-refractivity contribution in [2.24, 2.45) is 5.92 Å². The third-order valence-electron chi connectivity index (χ3n) is 3.67. The molecule has 0 saturated carbocycles. The van der Waals surface area contributed by atoms with Crippen LogP contribution in [-0.4, -0.2) is 43.3 Å². The molecule has 5 heteroatoms. The van der Waals surface area contributed by atoms with Crippen molar-refractivity contribution in [2.45, 2.75) is 32.9 Å². The minimum Gasteiger partial charge on any atom is -0.377 e. The number of aromatic nitrogens is 1. The summed E-state index contributed by atoms with van der Waals surface area (Å²) in [7, 11) is 1.66. The molecule has 1 saturated heterocycles. The predicted molar refractivity (Wildman–Crippen MR) is 73.8 cm³/mol. The van der Waals surface area contributed by atoms with Crippen molar-refractivity contribution in [2.75, 3.05) is 33.3 Å². The van der Waals surface area contributed by atoms with Gasteiger partial charge in [0.05, 0.1) is 5.69 Å². The Morgan fingerprint density at radius 1 is 1.47 bits per heavy atom. The molecule has 5 nitrogen and oxygen atoms in total. The molecule has 0 bridgehead atoms. The zero-order valence-electron chi connectivity index (χ0n) is 12.0. The Kier molecular flexibility index (Phi) is 5.82. The average Bonchev–Trinajstić information content (AvgIpc) is 2.86. The van der Waals surface area contributed by atoms with E-state index in [0.29, 0.717) is 6.61 Å². The standard InChI is InChI=1S/C14H25N3O2/c1-3-15-9-12-4-6-17(7-5-12)10-13-8-14(11-18-2)19-16-13/h8,12,15H,3-7,9-11H2,1-2H3. The monoisotopic (exact) mass is 267 g/mol. The molecular formula is C14H25N3O2. The summed E-state index contributed by atoms with van der Waals surface area (Å²) in [6.45, 7) is 8.09. The van der Waals surface area contributed by atoms with Crippen LogP contribution in [0.5, 0.6) is 0 Å². The van der Waals surface area contributed by atoms with Gasteiger partial charge in [-0.2, -0.15) is 0 Å². The maximum Gasteiger partial charge on any atom is 0.162 e. The summed E-state index contributed by atoms with van der Waals surface area (Å²) in [5.41, 5.74) is 1.01. The van der Waals surface area contributed by atoms with Crippen molar-refractivity contribution in [3.05, 3.63) is 17.5 Å². The average molecular weight is 267 g/mol. The van der Waals surface area contributed by atoms with Crippen LogP contribution in [0.2, 0.25) is 0 Å². The van der Waals surface area contributed by atoms with Crippen LogP contribution in [0.15, 0.2) is 10.6 Å². The molecule has 0 atom stereocenters. The molecule has 1 fully saturated rings. The summed E-state index contributed by atoms with van der Waals surface area (Å²) < 4.78 is 10.2. The Hall–Kier alpha value is -0.910. The summed E-state index contributed by atoms with van der Waals surface area (Å²) in [5, 5.41) is 7.53. The van der Waals surface area contributed by atoms with Gasteiger partial charge in [0, 0.05) is 19.7 Å². The molecule has 2 rings (SSSR count). The summed E-state index contributed by atoms with van der Waals surface area (Å²) in [5.74, 6) is 1.64. The van der Waals surface area contributed by atoms with E-state index in [2.05, 4.69) is 22.3 Å². The SMILES string of the molecule is CCNCC1CCN(Cc2cc(COC)on2)CC1. The van der Waals surface area contributed by atoms with Crippen LogP contribution in [0, 0.1) is 5.92 Å². The first-order chi connectivity index (χ1) is 9.31. The van der Waals surface area contributed by atoms with Crippen molar-refractivity contribution in [1.29, 1.82) is 0 Å². The molecule has 0 aliphatic carbocycles. The topological polar surface area (TPSA) is 50.5 Å². The molecule has 0 unspecified atom stereocenters. The minimum absolute atomic E-state index is 0.498. The van der Waals surface area contributed by atoms with E-state index in [9.17, 15) is 0 Å². The van der Waals surface area contributed by atoms with Crippen LogP contribution in [0.1, 0.15) is 31.2 Å². The van der Waals surface area contributed by atoms with Gasteiger partial charge in [-0.3, -0.25) is 4.90 Å². The van der Waals surface area contributed by atoms with Gasteiger partial charge < -0.3 is 14.6 Å². The lowest BCUT2D eigenvalue weighted by Gasteiger charge is -2.31. The normalized spacial score (nSPS) is 18.0. The van der Waals surface area contributed by atoms with Crippen molar-refractivity contribution in [3.8, 4) is 0 Å². The molecule has 2 heterocycles. The first kappa shape index (κ1) is 14.5. The largest absolute Gasteiger partial charge is 0.377 e. The molecule has 1 aromatic heterocycles. The van der Waals surface area contributed by atoms with Crippen molar-refractivity contribution in [3.63, 3.8) is 0 Å². The Bertz CT molecular complexity index is 359. The molecule has 1 aliphatic heterocycles. The highest BCUT2D eigenvalue weighted by Crippen LogP contribution is 2.18. The minimum atomic E-state index is 0.498. The number of rotatable bonds is 7. The Balaban J connectivity index is 1.72. The number of piperidine rings is 1. The molecule has 0 radical (unpaired) electrons. The number of hydrogen-bond acceptors (Lipinski definition) is 5. The molecule has 0 spiro atoms. The van der Waals surface area contributed by atoms with Gasteiger partial charge in [0.2, 0.25) is 0 Å². The molecular weight excluding hydrogens is 242 g/mol. The second-order valence-electron chi connectivity index (χ2n) is 5.24. The molecule has 0 aromatic carbocycles. The van der Waals surface area contributed by atoms with Crippen LogP contribution in [0.4, 0.5) is 0 Å². The molecule has 1 aromatic rings. The van der Waals surface area contributed by atoms with E-state index in [1.54, 1.807) is 7.11 Å². The molecule has 19 heavy (non-hydrogen) atoms. The van der Waals surface area contributed by atoms with Crippen molar-refractivity contribution >= 4 is 0 Å². The highest BCUT2D eigenvalue weighted by molar-refractivity contribution is 5.04. The lowest BCUT2D eigenvalue weighted by atomic mass is 9.96. The van der Waals surface area contributed by atoms with E-state index in [0.717, 1.165) is 50.1 Å². The van der Waals surface area contributed by atoms with Crippen molar-refractivity contribution in [1.82, 2.24) is 15.4 Å². The zero-order valence-corrected chi connectivity index (χ0v) is 12.0. The van der Waals surface area contributed by atoms with Crippen LogP contribution < -0.4 is 5.32 Å². The number of nitrogens with one attached hydrogen (secondary N) is 1. The lowest BCUT2D eigenvalue weighted by molar-refractivity contribution is 0.154. The fourth-order valence-corrected chi connectivity index (χ4v) is 2.57. The van der Waals surface area contributed by atoms with E-state index >= 15 is 0 Å². The number of ether oxygens (including phenoxy) is 1. The summed E-state index contributed by atoms with van der Waals surface area (Å²) >= 11 is 0. The van der Waals surface area contributed by atoms with Gasteiger partial charge in [-0.05, 0) is 44.9 Å². The number of hydrogen-bond donors (Lipinski definition) is 1.